The summed E-state index contributed by atoms with van der Waals surface area (Å²) in [6.07, 6.45) is 7.55. The van der Waals surface area contributed by atoms with Crippen LogP contribution in [0.15, 0.2) is 30.3 Å². The lowest BCUT2D eigenvalue weighted by Crippen LogP contribution is -2.48. The predicted molar refractivity (Wildman–Crippen MR) is 126 cm³/mol. The molecule has 4 rings (SSSR count). The van der Waals surface area contributed by atoms with Crippen molar-refractivity contribution in [3.63, 3.8) is 0 Å². The summed E-state index contributed by atoms with van der Waals surface area (Å²) >= 11 is 0. The number of likely N-dealkylation sites (tertiary alicyclic amines) is 2. The largest absolute Gasteiger partial charge is 0.393 e. The molecule has 0 aromatic heterocycles. The van der Waals surface area contributed by atoms with Gasteiger partial charge in [-0.2, -0.15) is 0 Å². The fourth-order valence-corrected chi connectivity index (χ4v) is 5.98. The van der Waals surface area contributed by atoms with E-state index in [4.69, 9.17) is 0 Å². The summed E-state index contributed by atoms with van der Waals surface area (Å²) in [5, 5.41) is 24.2. The summed E-state index contributed by atoms with van der Waals surface area (Å²) in [6.45, 7) is 5.44. The van der Waals surface area contributed by atoms with Gasteiger partial charge in [-0.25, -0.2) is 0 Å². The van der Waals surface area contributed by atoms with Crippen LogP contribution in [-0.2, 0) is 10.2 Å². The molecule has 1 amide bonds. The van der Waals surface area contributed by atoms with Crippen molar-refractivity contribution in [1.29, 1.82) is 0 Å². The summed E-state index contributed by atoms with van der Waals surface area (Å²) < 4.78 is 0. The van der Waals surface area contributed by atoms with E-state index in [0.717, 1.165) is 71.2 Å². The molecule has 3 aliphatic rings. The second-order valence-corrected chi connectivity index (χ2v) is 10.2. The number of nitrogens with one attached hydrogen (secondary N) is 1. The molecule has 6 heteroatoms. The van der Waals surface area contributed by atoms with Gasteiger partial charge in [-0.05, 0) is 70.0 Å². The van der Waals surface area contributed by atoms with Gasteiger partial charge in [0, 0.05) is 44.1 Å². The normalized spacial score (nSPS) is 30.8. The lowest BCUT2D eigenvalue weighted by atomic mass is 9.74. The monoisotopic (exact) mass is 443 g/mol. The molecular formula is C26H41N3O3. The number of amides is 1. The molecule has 3 N–H and O–H groups in total. The van der Waals surface area contributed by atoms with Gasteiger partial charge in [0.15, 0.2) is 0 Å². The van der Waals surface area contributed by atoms with Gasteiger partial charge in [0.1, 0.15) is 0 Å². The van der Waals surface area contributed by atoms with Gasteiger partial charge >= 0.3 is 0 Å². The van der Waals surface area contributed by atoms with Crippen LogP contribution in [0.4, 0.5) is 0 Å². The summed E-state index contributed by atoms with van der Waals surface area (Å²) in [7, 11) is 0. The number of aliphatic hydroxyl groups is 2. The van der Waals surface area contributed by atoms with Crippen molar-refractivity contribution in [3.8, 4) is 0 Å². The molecule has 0 unspecified atom stereocenters. The van der Waals surface area contributed by atoms with Crippen LogP contribution in [0.2, 0.25) is 0 Å². The minimum absolute atomic E-state index is 0.138. The lowest BCUT2D eigenvalue weighted by Gasteiger charge is -2.38. The van der Waals surface area contributed by atoms with Crippen LogP contribution in [-0.4, -0.2) is 83.4 Å². The number of carbonyl (C=O) groups excluding carboxylic acids is 1. The molecule has 0 bridgehead atoms. The Labute approximate surface area is 193 Å². The highest BCUT2D eigenvalue weighted by Crippen LogP contribution is 2.39. The summed E-state index contributed by atoms with van der Waals surface area (Å²) in [6, 6.07) is 10.7. The van der Waals surface area contributed by atoms with Crippen LogP contribution in [0.1, 0.15) is 63.4 Å². The first-order valence-corrected chi connectivity index (χ1v) is 12.7. The van der Waals surface area contributed by atoms with E-state index in [0.29, 0.717) is 13.0 Å². The third kappa shape index (κ3) is 5.90. The molecule has 0 radical (unpaired) electrons. The van der Waals surface area contributed by atoms with Gasteiger partial charge in [-0.15, -0.1) is 0 Å². The van der Waals surface area contributed by atoms with E-state index in [2.05, 4.69) is 39.4 Å². The van der Waals surface area contributed by atoms with E-state index in [1.54, 1.807) is 0 Å². The SMILES string of the molecule is O=C(CCN1CCCC1)NC[C@@]1(c2ccccc2)CC[C@H](O)[C@@H](N2CCC(O)CC2)CC1. The molecule has 2 saturated heterocycles. The van der Waals surface area contributed by atoms with Crippen LogP contribution in [0.25, 0.3) is 0 Å². The number of hydrogen-bond acceptors (Lipinski definition) is 5. The Morgan fingerprint density at radius 2 is 1.66 bits per heavy atom. The second-order valence-electron chi connectivity index (χ2n) is 10.2. The predicted octanol–water partition coefficient (Wildman–Crippen LogP) is 2.29. The van der Waals surface area contributed by atoms with Gasteiger partial charge in [-0.3, -0.25) is 9.69 Å². The molecule has 3 atom stereocenters. The van der Waals surface area contributed by atoms with Crippen LogP contribution < -0.4 is 5.32 Å². The zero-order chi connectivity index (χ0) is 22.4. The van der Waals surface area contributed by atoms with Crippen molar-refractivity contribution in [1.82, 2.24) is 15.1 Å². The summed E-state index contributed by atoms with van der Waals surface area (Å²) in [4.78, 5) is 17.5. The highest BCUT2D eigenvalue weighted by molar-refractivity contribution is 5.76. The molecule has 3 fully saturated rings. The number of aliphatic hydroxyl groups excluding tert-OH is 2. The molecule has 0 spiro atoms. The van der Waals surface area contributed by atoms with Crippen molar-refractivity contribution < 1.29 is 15.0 Å². The lowest BCUT2D eigenvalue weighted by molar-refractivity contribution is -0.121. The van der Waals surface area contributed by atoms with E-state index >= 15 is 0 Å². The van der Waals surface area contributed by atoms with E-state index in [9.17, 15) is 15.0 Å². The Balaban J connectivity index is 1.41. The zero-order valence-electron chi connectivity index (χ0n) is 19.4. The Kier molecular flexibility index (Phi) is 8.22. The van der Waals surface area contributed by atoms with E-state index < -0.39 is 0 Å². The molecule has 1 saturated carbocycles. The first-order valence-electron chi connectivity index (χ1n) is 12.7. The Morgan fingerprint density at radius 1 is 0.969 bits per heavy atom. The maximum atomic E-state index is 12.7. The fraction of sp³-hybridized carbons (Fsp3) is 0.731. The molecule has 2 heterocycles. The second kappa shape index (κ2) is 11.1. The molecule has 1 aromatic carbocycles. The smallest absolute Gasteiger partial charge is 0.221 e. The van der Waals surface area contributed by atoms with Gasteiger partial charge in [0.05, 0.1) is 12.2 Å². The van der Waals surface area contributed by atoms with Crippen LogP contribution in [0.3, 0.4) is 0 Å². The summed E-state index contributed by atoms with van der Waals surface area (Å²) in [5.41, 5.74) is 1.12. The third-order valence-corrected chi connectivity index (χ3v) is 8.11. The Bertz CT molecular complexity index is 716. The van der Waals surface area contributed by atoms with E-state index in [-0.39, 0.29) is 29.6 Å². The van der Waals surface area contributed by atoms with Crippen LogP contribution >= 0.6 is 0 Å². The number of piperidine rings is 1. The van der Waals surface area contributed by atoms with Crippen molar-refractivity contribution in [2.45, 2.75) is 81.5 Å². The van der Waals surface area contributed by atoms with Crippen LogP contribution in [0.5, 0.6) is 0 Å². The maximum Gasteiger partial charge on any atom is 0.221 e. The zero-order valence-corrected chi connectivity index (χ0v) is 19.4. The minimum Gasteiger partial charge on any atom is -0.393 e. The molecule has 32 heavy (non-hydrogen) atoms. The third-order valence-electron chi connectivity index (χ3n) is 8.11. The number of rotatable bonds is 7. The van der Waals surface area contributed by atoms with Crippen molar-refractivity contribution >= 4 is 5.91 Å². The van der Waals surface area contributed by atoms with E-state index in [1.807, 2.05) is 6.07 Å². The standard InChI is InChI=1S/C26H41N3O3/c30-22-10-18-29(19-11-22)23-8-13-26(14-9-24(23)31,21-6-2-1-3-7-21)20-27-25(32)12-17-28-15-4-5-16-28/h1-3,6-7,22-24,30-31H,4-5,8-20H2,(H,27,32)/t23-,24-,26-/m0/s1. The maximum absolute atomic E-state index is 12.7. The molecule has 6 nitrogen and oxygen atoms in total. The fourth-order valence-electron chi connectivity index (χ4n) is 5.98. The number of carbonyl (C=O) groups is 1. The number of hydrogen-bond donors (Lipinski definition) is 3. The van der Waals surface area contributed by atoms with Crippen molar-refractivity contribution in [2.75, 3.05) is 39.3 Å². The topological polar surface area (TPSA) is 76.0 Å². The Hall–Kier alpha value is -1.47. The first kappa shape index (κ1) is 23.7. The molecule has 178 valence electrons. The van der Waals surface area contributed by atoms with Crippen LogP contribution in [0, 0.1) is 0 Å². The van der Waals surface area contributed by atoms with Crippen molar-refractivity contribution in [3.05, 3.63) is 35.9 Å². The number of benzene rings is 1. The molecule has 1 aliphatic carbocycles. The Morgan fingerprint density at radius 3 is 2.38 bits per heavy atom. The summed E-state index contributed by atoms with van der Waals surface area (Å²) in [5.74, 6) is 0.138. The molecular weight excluding hydrogens is 402 g/mol. The number of nitrogens with zero attached hydrogens (tertiary/aromatic N) is 2. The highest BCUT2D eigenvalue weighted by atomic mass is 16.3. The average molecular weight is 444 g/mol. The van der Waals surface area contributed by atoms with Gasteiger partial charge in [-0.1, -0.05) is 30.3 Å². The minimum atomic E-state index is -0.360. The van der Waals surface area contributed by atoms with Gasteiger partial charge < -0.3 is 20.4 Å². The van der Waals surface area contributed by atoms with Crippen molar-refractivity contribution in [2.24, 2.45) is 0 Å². The van der Waals surface area contributed by atoms with Gasteiger partial charge in [0.25, 0.3) is 0 Å². The first-order chi connectivity index (χ1) is 15.6. The molecule has 1 aromatic rings. The quantitative estimate of drug-likeness (QED) is 0.564. The molecule has 2 aliphatic heterocycles. The van der Waals surface area contributed by atoms with Gasteiger partial charge in [0.2, 0.25) is 5.91 Å². The van der Waals surface area contributed by atoms with E-state index in [1.165, 1.54) is 18.4 Å². The average Bonchev–Trinajstić information content (AvgIpc) is 3.28. The highest BCUT2D eigenvalue weighted by Gasteiger charge is 2.40.